The van der Waals surface area contributed by atoms with Gasteiger partial charge in [0.25, 0.3) is 0 Å². The van der Waals surface area contributed by atoms with Crippen LogP contribution in [0.25, 0.3) is 0 Å². The molecule has 0 aromatic carbocycles. The predicted molar refractivity (Wildman–Crippen MR) is 82.1 cm³/mol. The van der Waals surface area contributed by atoms with Crippen molar-refractivity contribution in [3.05, 3.63) is 18.0 Å². The summed E-state index contributed by atoms with van der Waals surface area (Å²) in [5, 5.41) is 3.30. The van der Waals surface area contributed by atoms with Crippen molar-refractivity contribution in [2.75, 3.05) is 19.6 Å². The topological polar surface area (TPSA) is 54.3 Å². The van der Waals surface area contributed by atoms with E-state index in [4.69, 9.17) is 0 Å². The number of hydrogen-bond acceptors (Lipinski definition) is 3. The number of sulfonamides is 1. The summed E-state index contributed by atoms with van der Waals surface area (Å²) in [5.74, 6) is 0. The van der Waals surface area contributed by atoms with Crippen molar-refractivity contribution in [2.24, 2.45) is 7.05 Å². The van der Waals surface area contributed by atoms with E-state index in [1.54, 1.807) is 12.3 Å². The summed E-state index contributed by atoms with van der Waals surface area (Å²) in [5.41, 5.74) is 0.990. The monoisotopic (exact) mass is 301 g/mol. The molecule has 0 saturated carbocycles. The van der Waals surface area contributed by atoms with Crippen LogP contribution in [-0.4, -0.2) is 36.9 Å². The van der Waals surface area contributed by atoms with Gasteiger partial charge in [0, 0.05) is 38.6 Å². The van der Waals surface area contributed by atoms with E-state index in [-0.39, 0.29) is 0 Å². The molecule has 5 nitrogen and oxygen atoms in total. The zero-order valence-corrected chi connectivity index (χ0v) is 13.8. The molecule has 1 aromatic heterocycles. The molecule has 116 valence electrons. The molecule has 0 spiro atoms. The molecule has 0 aliphatic carbocycles. The number of hydrogen-bond donors (Lipinski definition) is 1. The lowest BCUT2D eigenvalue weighted by atomic mass is 10.4. The van der Waals surface area contributed by atoms with E-state index in [1.807, 2.05) is 25.5 Å². The Labute approximate surface area is 123 Å². The van der Waals surface area contributed by atoms with Crippen LogP contribution < -0.4 is 5.32 Å². The lowest BCUT2D eigenvalue weighted by molar-refractivity contribution is 0.427. The highest BCUT2D eigenvalue weighted by Gasteiger charge is 2.24. The van der Waals surface area contributed by atoms with Crippen molar-refractivity contribution in [2.45, 2.75) is 45.1 Å². The zero-order chi connectivity index (χ0) is 15.2. The fourth-order valence-corrected chi connectivity index (χ4v) is 3.77. The Morgan fingerprint density at radius 3 is 2.50 bits per heavy atom. The number of nitrogens with one attached hydrogen (secondary N) is 1. The van der Waals surface area contributed by atoms with E-state index in [0.29, 0.717) is 24.5 Å². The molecule has 1 rings (SSSR count). The van der Waals surface area contributed by atoms with Gasteiger partial charge in [-0.2, -0.15) is 4.31 Å². The van der Waals surface area contributed by atoms with Gasteiger partial charge in [-0.1, -0.05) is 20.8 Å². The van der Waals surface area contributed by atoms with Crippen molar-refractivity contribution < 1.29 is 8.42 Å². The molecule has 0 saturated heterocycles. The second-order valence-corrected chi connectivity index (χ2v) is 6.89. The van der Waals surface area contributed by atoms with Crippen molar-refractivity contribution in [3.63, 3.8) is 0 Å². The summed E-state index contributed by atoms with van der Waals surface area (Å²) < 4.78 is 28.5. The number of aromatic nitrogens is 1. The number of aryl methyl sites for hydroxylation is 1. The first-order valence-corrected chi connectivity index (χ1v) is 8.77. The molecule has 0 fully saturated rings. The maximum atomic E-state index is 12.5. The van der Waals surface area contributed by atoms with Gasteiger partial charge < -0.3 is 9.88 Å². The molecule has 20 heavy (non-hydrogen) atoms. The summed E-state index contributed by atoms with van der Waals surface area (Å²) in [4.78, 5) is 0.392. The van der Waals surface area contributed by atoms with Crippen LogP contribution in [0.1, 0.15) is 39.3 Å². The highest BCUT2D eigenvalue weighted by molar-refractivity contribution is 7.89. The Kier molecular flexibility index (Phi) is 6.71. The molecule has 0 aliphatic rings. The standard InChI is InChI=1S/C14H27N3O2S/c1-5-8-15-11-13-10-14(12-16(13)4)20(18,19)17(7-3)9-6-2/h10,12,15H,5-9,11H2,1-4H3. The summed E-state index contributed by atoms with van der Waals surface area (Å²) in [6.45, 7) is 8.68. The molecular weight excluding hydrogens is 274 g/mol. The third-order valence-corrected chi connectivity index (χ3v) is 5.22. The molecule has 1 heterocycles. The van der Waals surface area contributed by atoms with Gasteiger partial charge in [0.15, 0.2) is 0 Å². The molecule has 0 amide bonds. The van der Waals surface area contributed by atoms with Crippen molar-refractivity contribution in [3.8, 4) is 0 Å². The largest absolute Gasteiger partial charge is 0.352 e. The van der Waals surface area contributed by atoms with Crippen LogP contribution >= 0.6 is 0 Å². The number of nitrogens with zero attached hydrogens (tertiary/aromatic N) is 2. The molecule has 6 heteroatoms. The van der Waals surface area contributed by atoms with Crippen LogP contribution in [0.4, 0.5) is 0 Å². The fraction of sp³-hybridized carbons (Fsp3) is 0.714. The second kappa shape index (κ2) is 7.81. The maximum absolute atomic E-state index is 12.5. The van der Waals surface area contributed by atoms with Crippen LogP contribution in [-0.2, 0) is 23.6 Å². The molecule has 0 radical (unpaired) electrons. The third kappa shape index (κ3) is 4.07. The fourth-order valence-electron chi connectivity index (χ4n) is 2.13. The minimum absolute atomic E-state index is 0.392. The highest BCUT2D eigenvalue weighted by Crippen LogP contribution is 2.18. The predicted octanol–water partition coefficient (Wildman–Crippen LogP) is 1.95. The van der Waals surface area contributed by atoms with Gasteiger partial charge in [0.2, 0.25) is 10.0 Å². The summed E-state index contributed by atoms with van der Waals surface area (Å²) in [6, 6.07) is 1.77. The average molecular weight is 301 g/mol. The minimum atomic E-state index is -3.36. The molecule has 0 bridgehead atoms. The lowest BCUT2D eigenvalue weighted by Gasteiger charge is -2.18. The molecule has 0 atom stereocenters. The second-order valence-electron chi connectivity index (χ2n) is 4.95. The van der Waals surface area contributed by atoms with E-state index >= 15 is 0 Å². The molecule has 0 aliphatic heterocycles. The van der Waals surface area contributed by atoms with Gasteiger partial charge in [0.05, 0.1) is 0 Å². The summed E-state index contributed by atoms with van der Waals surface area (Å²) in [7, 11) is -1.47. The summed E-state index contributed by atoms with van der Waals surface area (Å²) >= 11 is 0. The van der Waals surface area contributed by atoms with Crippen molar-refractivity contribution in [1.82, 2.24) is 14.2 Å². The van der Waals surface area contributed by atoms with Crippen molar-refractivity contribution in [1.29, 1.82) is 0 Å². The van der Waals surface area contributed by atoms with Gasteiger partial charge in [-0.05, 0) is 25.5 Å². The molecule has 0 unspecified atom stereocenters. The van der Waals surface area contributed by atoms with Gasteiger partial charge in [-0.15, -0.1) is 0 Å². The van der Waals surface area contributed by atoms with E-state index in [2.05, 4.69) is 12.2 Å². The van der Waals surface area contributed by atoms with E-state index in [1.165, 1.54) is 4.31 Å². The van der Waals surface area contributed by atoms with Crippen LogP contribution in [0.5, 0.6) is 0 Å². The SMILES string of the molecule is CCCNCc1cc(S(=O)(=O)N(CC)CCC)cn1C. The average Bonchev–Trinajstić information content (AvgIpc) is 2.78. The number of rotatable bonds is 9. The van der Waals surface area contributed by atoms with Gasteiger partial charge >= 0.3 is 0 Å². The first kappa shape index (κ1) is 17.2. The zero-order valence-electron chi connectivity index (χ0n) is 13.0. The van der Waals surface area contributed by atoms with Gasteiger partial charge in [0.1, 0.15) is 4.90 Å². The Bertz CT molecular complexity index is 508. The van der Waals surface area contributed by atoms with Crippen LogP contribution in [0.2, 0.25) is 0 Å². The molecular formula is C14H27N3O2S. The van der Waals surface area contributed by atoms with Crippen LogP contribution in [0.3, 0.4) is 0 Å². The highest BCUT2D eigenvalue weighted by atomic mass is 32.2. The Balaban J connectivity index is 2.93. The van der Waals surface area contributed by atoms with Gasteiger partial charge in [-0.3, -0.25) is 0 Å². The molecule has 1 aromatic rings. The molecule has 1 N–H and O–H groups in total. The van der Waals surface area contributed by atoms with Gasteiger partial charge in [-0.25, -0.2) is 8.42 Å². The normalized spacial score (nSPS) is 12.2. The van der Waals surface area contributed by atoms with Crippen molar-refractivity contribution >= 4 is 10.0 Å². The van der Waals surface area contributed by atoms with E-state index in [0.717, 1.165) is 25.1 Å². The van der Waals surface area contributed by atoms with E-state index < -0.39 is 10.0 Å². The van der Waals surface area contributed by atoms with E-state index in [9.17, 15) is 8.42 Å². The first-order chi connectivity index (χ1) is 9.47. The van der Waals surface area contributed by atoms with Crippen LogP contribution in [0.15, 0.2) is 17.2 Å². The maximum Gasteiger partial charge on any atom is 0.244 e. The Hall–Kier alpha value is -0.850. The quantitative estimate of drug-likeness (QED) is 0.709. The Morgan fingerprint density at radius 2 is 1.95 bits per heavy atom. The minimum Gasteiger partial charge on any atom is -0.352 e. The Morgan fingerprint density at radius 1 is 1.25 bits per heavy atom. The van der Waals surface area contributed by atoms with Crippen LogP contribution in [0, 0.1) is 0 Å². The first-order valence-electron chi connectivity index (χ1n) is 7.33. The smallest absolute Gasteiger partial charge is 0.244 e. The lowest BCUT2D eigenvalue weighted by Crippen LogP contribution is -2.31. The summed E-state index contributed by atoms with van der Waals surface area (Å²) in [6.07, 6.45) is 3.59. The third-order valence-electron chi connectivity index (χ3n) is 3.28.